The van der Waals surface area contributed by atoms with Gasteiger partial charge >= 0.3 is 0 Å². The largest absolute Gasteiger partial charge is 0.343 e. The number of hydrogen-bond donors (Lipinski definition) is 1. The summed E-state index contributed by atoms with van der Waals surface area (Å²) in [5.74, 6) is -0.923. The van der Waals surface area contributed by atoms with E-state index in [1.165, 1.54) is 6.33 Å². The fourth-order valence-electron chi connectivity index (χ4n) is 1.25. The molecule has 0 radical (unpaired) electrons. The van der Waals surface area contributed by atoms with E-state index in [0.29, 0.717) is 9.99 Å². The molecule has 1 heterocycles. The van der Waals surface area contributed by atoms with E-state index in [9.17, 15) is 12.8 Å². The number of hydrogen-bond acceptors (Lipinski definition) is 3. The molecule has 1 aromatic heterocycles. The molecular weight excluding hydrogens is 311 g/mol. The number of imidazole rings is 1. The molecule has 1 aromatic carbocycles. The van der Waals surface area contributed by atoms with Gasteiger partial charge in [0, 0.05) is 15.2 Å². The number of halogens is 3. The van der Waals surface area contributed by atoms with E-state index in [1.54, 1.807) is 0 Å². The number of aromatic amines is 1. The molecule has 1 N–H and O–H groups in total. The summed E-state index contributed by atoms with van der Waals surface area (Å²) in [6.45, 7) is 0. The average molecular weight is 314 g/mol. The molecule has 2 rings (SSSR count). The molecular formula is C7H3BrClFN2O2S. The maximum Gasteiger partial charge on any atom is 0.266 e. The van der Waals surface area contributed by atoms with Crippen molar-refractivity contribution in [2.75, 3.05) is 0 Å². The maximum absolute atomic E-state index is 13.4. The second kappa shape index (κ2) is 3.43. The smallest absolute Gasteiger partial charge is 0.266 e. The molecule has 0 spiro atoms. The van der Waals surface area contributed by atoms with Crippen molar-refractivity contribution < 1.29 is 12.8 Å². The predicted octanol–water partition coefficient (Wildman–Crippen LogP) is 2.39. The van der Waals surface area contributed by atoms with E-state index < -0.39 is 19.8 Å². The van der Waals surface area contributed by atoms with Crippen molar-refractivity contribution in [3.05, 3.63) is 22.7 Å². The second-order valence-electron chi connectivity index (χ2n) is 2.73. The number of H-pyrrole nitrogens is 1. The van der Waals surface area contributed by atoms with Gasteiger partial charge in [-0.15, -0.1) is 0 Å². The first-order chi connectivity index (χ1) is 6.91. The monoisotopic (exact) mass is 312 g/mol. The van der Waals surface area contributed by atoms with Crippen LogP contribution >= 0.6 is 26.6 Å². The van der Waals surface area contributed by atoms with Gasteiger partial charge in [-0.25, -0.2) is 17.8 Å². The van der Waals surface area contributed by atoms with E-state index in [2.05, 4.69) is 25.9 Å². The van der Waals surface area contributed by atoms with Gasteiger partial charge in [-0.3, -0.25) is 0 Å². The molecule has 4 nitrogen and oxygen atoms in total. The first-order valence-electron chi connectivity index (χ1n) is 3.67. The van der Waals surface area contributed by atoms with Gasteiger partial charge in [0.15, 0.2) is 0 Å². The third-order valence-electron chi connectivity index (χ3n) is 1.81. The highest BCUT2D eigenvalue weighted by molar-refractivity contribution is 9.10. The van der Waals surface area contributed by atoms with Gasteiger partial charge in [0.05, 0.1) is 11.8 Å². The Morgan fingerprint density at radius 1 is 1.53 bits per heavy atom. The number of fused-ring (bicyclic) bond motifs is 1. The van der Waals surface area contributed by atoms with Crippen molar-refractivity contribution in [3.8, 4) is 0 Å². The van der Waals surface area contributed by atoms with Gasteiger partial charge in [0.2, 0.25) is 0 Å². The van der Waals surface area contributed by atoms with Gasteiger partial charge in [-0.1, -0.05) is 0 Å². The van der Waals surface area contributed by atoms with Crippen molar-refractivity contribution in [3.63, 3.8) is 0 Å². The van der Waals surface area contributed by atoms with Crippen LogP contribution in [0.4, 0.5) is 4.39 Å². The minimum Gasteiger partial charge on any atom is -0.343 e. The Bertz CT molecular complexity index is 640. The Morgan fingerprint density at radius 3 is 2.80 bits per heavy atom. The van der Waals surface area contributed by atoms with Gasteiger partial charge in [-0.05, 0) is 22.0 Å². The highest BCUT2D eigenvalue weighted by Gasteiger charge is 2.23. The molecule has 8 heteroatoms. The minimum atomic E-state index is -4.14. The minimum absolute atomic E-state index is 0.0527. The van der Waals surface area contributed by atoms with Gasteiger partial charge in [0.1, 0.15) is 16.2 Å². The molecule has 0 aliphatic rings. The van der Waals surface area contributed by atoms with Crippen molar-refractivity contribution in [2.45, 2.75) is 4.90 Å². The zero-order chi connectivity index (χ0) is 11.2. The van der Waals surface area contributed by atoms with Crippen molar-refractivity contribution >= 4 is 46.7 Å². The number of nitrogens with zero attached hydrogens (tertiary/aromatic N) is 1. The highest BCUT2D eigenvalue weighted by Crippen LogP contribution is 2.31. The summed E-state index contributed by atoms with van der Waals surface area (Å²) < 4.78 is 36.1. The van der Waals surface area contributed by atoms with Crippen LogP contribution in [-0.2, 0) is 9.05 Å². The van der Waals surface area contributed by atoms with Crippen LogP contribution in [0.2, 0.25) is 0 Å². The van der Waals surface area contributed by atoms with Crippen LogP contribution in [0, 0.1) is 5.82 Å². The SMILES string of the molecule is O=S(=O)(Cl)c1c(F)cc(Br)c2nc[nH]c12. The van der Waals surface area contributed by atoms with E-state index in [0.717, 1.165) is 6.07 Å². The molecule has 15 heavy (non-hydrogen) atoms. The van der Waals surface area contributed by atoms with E-state index in [-0.39, 0.29) is 5.52 Å². The molecule has 0 aliphatic carbocycles. The Labute approximate surface area is 97.0 Å². The third-order valence-corrected chi connectivity index (χ3v) is 3.76. The molecule has 2 aromatic rings. The molecule has 0 aliphatic heterocycles. The zero-order valence-electron chi connectivity index (χ0n) is 6.96. The summed E-state index contributed by atoms with van der Waals surface area (Å²) in [6, 6.07) is 1.01. The summed E-state index contributed by atoms with van der Waals surface area (Å²) in [4.78, 5) is 5.79. The fourth-order valence-corrected chi connectivity index (χ4v) is 2.90. The summed E-state index contributed by atoms with van der Waals surface area (Å²) >= 11 is 3.07. The van der Waals surface area contributed by atoms with Gasteiger partial charge in [-0.2, -0.15) is 0 Å². The number of rotatable bonds is 1. The summed E-state index contributed by atoms with van der Waals surface area (Å²) in [5.41, 5.74) is 0.368. The maximum atomic E-state index is 13.4. The lowest BCUT2D eigenvalue weighted by Crippen LogP contribution is -1.97. The lowest BCUT2D eigenvalue weighted by molar-refractivity contribution is 0.578. The zero-order valence-corrected chi connectivity index (χ0v) is 10.1. The van der Waals surface area contributed by atoms with E-state index in [1.807, 2.05) is 0 Å². The number of nitrogens with one attached hydrogen (secondary N) is 1. The average Bonchev–Trinajstić information content (AvgIpc) is 2.49. The van der Waals surface area contributed by atoms with Crippen molar-refractivity contribution in [1.82, 2.24) is 9.97 Å². The molecule has 0 saturated carbocycles. The lowest BCUT2D eigenvalue weighted by Gasteiger charge is -2.01. The summed E-state index contributed by atoms with van der Waals surface area (Å²) in [5, 5.41) is 0. The molecule has 0 atom stereocenters. The fraction of sp³-hybridized carbons (Fsp3) is 0. The van der Waals surface area contributed by atoms with E-state index >= 15 is 0 Å². The van der Waals surface area contributed by atoms with Gasteiger partial charge < -0.3 is 4.98 Å². The molecule has 0 unspecified atom stereocenters. The molecule has 0 amide bonds. The predicted molar refractivity (Wildman–Crippen MR) is 56.8 cm³/mol. The highest BCUT2D eigenvalue weighted by atomic mass is 79.9. The Hall–Kier alpha value is -0.660. The van der Waals surface area contributed by atoms with Crippen LogP contribution in [-0.4, -0.2) is 18.4 Å². The molecule has 80 valence electrons. The van der Waals surface area contributed by atoms with Gasteiger partial charge in [0.25, 0.3) is 9.05 Å². The lowest BCUT2D eigenvalue weighted by atomic mass is 10.3. The molecule has 0 saturated heterocycles. The van der Waals surface area contributed by atoms with Crippen molar-refractivity contribution in [2.24, 2.45) is 0 Å². The van der Waals surface area contributed by atoms with Crippen LogP contribution < -0.4 is 0 Å². The van der Waals surface area contributed by atoms with E-state index in [4.69, 9.17) is 10.7 Å². The Morgan fingerprint density at radius 2 is 2.20 bits per heavy atom. The quantitative estimate of drug-likeness (QED) is 0.822. The first-order valence-corrected chi connectivity index (χ1v) is 6.77. The topological polar surface area (TPSA) is 62.8 Å². The van der Waals surface area contributed by atoms with Crippen LogP contribution in [0.25, 0.3) is 11.0 Å². The first kappa shape index (κ1) is 10.8. The van der Waals surface area contributed by atoms with Crippen LogP contribution in [0.5, 0.6) is 0 Å². The Balaban J connectivity index is 3.02. The number of benzene rings is 1. The van der Waals surface area contributed by atoms with Crippen LogP contribution in [0.15, 0.2) is 21.8 Å². The van der Waals surface area contributed by atoms with Crippen molar-refractivity contribution in [1.29, 1.82) is 0 Å². The second-order valence-corrected chi connectivity index (χ2v) is 6.09. The summed E-state index contributed by atoms with van der Waals surface area (Å²) in [6.07, 6.45) is 1.26. The van der Waals surface area contributed by atoms with Crippen LogP contribution in [0.1, 0.15) is 0 Å². The third kappa shape index (κ3) is 1.75. The normalized spacial score (nSPS) is 12.2. The standard InChI is InChI=1S/C7H3BrClFN2O2S/c8-3-1-4(10)7(15(9,13)14)6-5(3)11-2-12-6/h1-2H,(H,11,12). The van der Waals surface area contributed by atoms with Crippen LogP contribution in [0.3, 0.4) is 0 Å². The number of aromatic nitrogens is 2. The molecule has 0 bridgehead atoms. The molecule has 0 fully saturated rings. The summed E-state index contributed by atoms with van der Waals surface area (Å²) in [7, 11) is 0.980. The Kier molecular flexibility index (Phi) is 2.48.